The summed E-state index contributed by atoms with van der Waals surface area (Å²) in [4.78, 5) is 24.2. The second-order valence-electron chi connectivity index (χ2n) is 4.80. The number of ether oxygens (including phenoxy) is 2. The number of halogens is 1. The van der Waals surface area contributed by atoms with Crippen LogP contribution in [0.15, 0.2) is 5.29 Å². The molecule has 134 valence electrons. The highest BCUT2D eigenvalue weighted by molar-refractivity contribution is 6.18. The number of rotatable bonds is 9. The Morgan fingerprint density at radius 2 is 2.04 bits per heavy atom. The first-order valence-electron chi connectivity index (χ1n) is 7.19. The van der Waals surface area contributed by atoms with Gasteiger partial charge in [0, 0.05) is 19.0 Å². The average molecular weight is 356 g/mol. The van der Waals surface area contributed by atoms with Crippen molar-refractivity contribution in [2.75, 3.05) is 38.8 Å². The second-order valence-corrected chi connectivity index (χ2v) is 5.17. The van der Waals surface area contributed by atoms with Gasteiger partial charge in [-0.3, -0.25) is 4.90 Å². The fourth-order valence-corrected chi connectivity index (χ4v) is 2.34. The molecule has 0 radical (unpaired) electrons. The van der Waals surface area contributed by atoms with E-state index in [1.54, 1.807) is 6.92 Å². The van der Waals surface area contributed by atoms with Gasteiger partial charge in [0.25, 0.3) is 0 Å². The number of urea groups is 1. The molecule has 0 aromatic rings. The molecule has 1 heterocycles. The molecule has 4 atom stereocenters. The van der Waals surface area contributed by atoms with Gasteiger partial charge in [0.05, 0.1) is 25.0 Å². The molecule has 0 aromatic heterocycles. The van der Waals surface area contributed by atoms with Crippen molar-refractivity contribution in [3.63, 3.8) is 0 Å². The van der Waals surface area contributed by atoms with E-state index in [1.165, 1.54) is 0 Å². The Hall–Kier alpha value is -1.04. The van der Waals surface area contributed by atoms with Gasteiger partial charge >= 0.3 is 6.03 Å². The topological polar surface area (TPSA) is 132 Å². The molecule has 1 unspecified atom stereocenters. The molecule has 1 fully saturated rings. The molecule has 0 aromatic carbocycles. The Balaban J connectivity index is 2.91. The zero-order valence-corrected chi connectivity index (χ0v) is 13.5. The molecule has 23 heavy (non-hydrogen) atoms. The molecule has 0 saturated carbocycles. The number of amides is 2. The van der Waals surface area contributed by atoms with Crippen LogP contribution in [0.4, 0.5) is 4.79 Å². The van der Waals surface area contributed by atoms with Crippen molar-refractivity contribution in [1.82, 2.24) is 9.91 Å². The molecule has 2 amide bonds. The number of nitroso groups, excluding NO2 is 1. The predicted molar refractivity (Wildman–Crippen MR) is 79.6 cm³/mol. The number of carbonyl (C=O) groups is 1. The normalized spacial score (nSPS) is 27.0. The fraction of sp³-hybridized carbons (Fsp3) is 0.917. The second kappa shape index (κ2) is 9.96. The van der Waals surface area contributed by atoms with Crippen LogP contribution in [-0.2, 0) is 9.47 Å². The number of hydrogen-bond donors (Lipinski definition) is 3. The van der Waals surface area contributed by atoms with Gasteiger partial charge in [0.15, 0.2) is 6.23 Å². The highest BCUT2D eigenvalue weighted by Crippen LogP contribution is 2.25. The molecule has 1 aliphatic heterocycles. The minimum absolute atomic E-state index is 0.00637. The Morgan fingerprint density at radius 3 is 2.52 bits per heavy atom. The number of hydrogen-bond acceptors (Lipinski definition) is 8. The van der Waals surface area contributed by atoms with Gasteiger partial charge in [-0.2, -0.15) is 5.01 Å². The van der Waals surface area contributed by atoms with Crippen LogP contribution in [0.3, 0.4) is 0 Å². The third-order valence-electron chi connectivity index (χ3n) is 3.37. The van der Waals surface area contributed by atoms with Crippen molar-refractivity contribution in [3.8, 4) is 0 Å². The van der Waals surface area contributed by atoms with E-state index in [2.05, 4.69) is 5.29 Å². The fourth-order valence-electron chi connectivity index (χ4n) is 2.18. The summed E-state index contributed by atoms with van der Waals surface area (Å²) in [5.41, 5.74) is 0. The SMILES string of the molecule is CCOCCN(C(=O)N(CCCl)N=O)C1O[C@H](CO)[C@@H](O)[C@H]1O. The van der Waals surface area contributed by atoms with E-state index < -0.39 is 37.2 Å². The van der Waals surface area contributed by atoms with E-state index in [1.807, 2.05) is 0 Å². The van der Waals surface area contributed by atoms with E-state index in [9.17, 15) is 19.9 Å². The molecular formula is C12H22ClN3O7. The smallest absolute Gasteiger partial charge is 0.345 e. The lowest BCUT2D eigenvalue weighted by Gasteiger charge is -2.32. The van der Waals surface area contributed by atoms with Crippen LogP contribution in [0, 0.1) is 4.91 Å². The maximum atomic E-state index is 12.4. The summed E-state index contributed by atoms with van der Waals surface area (Å²) in [7, 11) is 0. The minimum atomic E-state index is -1.44. The van der Waals surface area contributed by atoms with E-state index in [4.69, 9.17) is 26.2 Å². The van der Waals surface area contributed by atoms with Crippen LogP contribution in [0.1, 0.15) is 6.92 Å². The summed E-state index contributed by atoms with van der Waals surface area (Å²) in [5.74, 6) is -0.00720. The van der Waals surface area contributed by atoms with Crippen LogP contribution in [0.5, 0.6) is 0 Å². The predicted octanol–water partition coefficient (Wildman–Crippen LogP) is -0.894. The molecule has 3 N–H and O–H groups in total. The van der Waals surface area contributed by atoms with Crippen molar-refractivity contribution >= 4 is 17.6 Å². The van der Waals surface area contributed by atoms with Gasteiger partial charge in [-0.1, -0.05) is 0 Å². The number of nitrogens with zero attached hydrogens (tertiary/aromatic N) is 3. The lowest BCUT2D eigenvalue weighted by Crippen LogP contribution is -2.52. The lowest BCUT2D eigenvalue weighted by atomic mass is 10.1. The summed E-state index contributed by atoms with van der Waals surface area (Å²) in [6.45, 7) is 1.65. The largest absolute Gasteiger partial charge is 0.394 e. The third kappa shape index (κ3) is 4.96. The first-order chi connectivity index (χ1) is 11.0. The van der Waals surface area contributed by atoms with Gasteiger partial charge in [-0.15, -0.1) is 16.5 Å². The number of alkyl halides is 1. The van der Waals surface area contributed by atoms with E-state index in [-0.39, 0.29) is 25.6 Å². The van der Waals surface area contributed by atoms with Crippen molar-refractivity contribution in [2.24, 2.45) is 5.29 Å². The molecular weight excluding hydrogens is 334 g/mol. The zero-order valence-electron chi connectivity index (χ0n) is 12.7. The Bertz CT molecular complexity index is 390. The first-order valence-corrected chi connectivity index (χ1v) is 7.72. The minimum Gasteiger partial charge on any atom is -0.394 e. The molecule has 0 spiro atoms. The average Bonchev–Trinajstić information content (AvgIpc) is 2.84. The highest BCUT2D eigenvalue weighted by Gasteiger charge is 2.47. The monoisotopic (exact) mass is 355 g/mol. The van der Waals surface area contributed by atoms with Gasteiger partial charge in [-0.25, -0.2) is 4.79 Å². The molecule has 0 aliphatic carbocycles. The molecule has 0 bridgehead atoms. The number of carbonyl (C=O) groups excluding carboxylic acids is 1. The van der Waals surface area contributed by atoms with Crippen LogP contribution in [0.2, 0.25) is 0 Å². The Kier molecular flexibility index (Phi) is 8.66. The van der Waals surface area contributed by atoms with Gasteiger partial charge < -0.3 is 24.8 Å². The van der Waals surface area contributed by atoms with Crippen molar-refractivity contribution in [3.05, 3.63) is 4.91 Å². The zero-order chi connectivity index (χ0) is 17.4. The van der Waals surface area contributed by atoms with E-state index in [0.29, 0.717) is 11.6 Å². The summed E-state index contributed by atoms with van der Waals surface area (Å²) in [6.07, 6.45) is -5.09. The summed E-state index contributed by atoms with van der Waals surface area (Å²) in [6, 6.07) is -0.838. The Labute approximate surface area is 138 Å². The maximum Gasteiger partial charge on any atom is 0.345 e. The van der Waals surface area contributed by atoms with Gasteiger partial charge in [0.1, 0.15) is 18.3 Å². The lowest BCUT2D eigenvalue weighted by molar-refractivity contribution is -0.0882. The van der Waals surface area contributed by atoms with Crippen molar-refractivity contribution in [2.45, 2.75) is 31.5 Å². The van der Waals surface area contributed by atoms with E-state index in [0.717, 1.165) is 4.90 Å². The highest BCUT2D eigenvalue weighted by atomic mass is 35.5. The molecule has 11 heteroatoms. The summed E-state index contributed by atoms with van der Waals surface area (Å²) >= 11 is 5.52. The van der Waals surface area contributed by atoms with Gasteiger partial charge in [0.2, 0.25) is 0 Å². The Morgan fingerprint density at radius 1 is 1.35 bits per heavy atom. The van der Waals surface area contributed by atoms with Gasteiger partial charge in [-0.05, 0) is 6.92 Å². The first kappa shape index (κ1) is 20.0. The molecule has 1 aliphatic rings. The van der Waals surface area contributed by atoms with Crippen LogP contribution in [0.25, 0.3) is 0 Å². The number of aliphatic hydroxyl groups excluding tert-OH is 3. The number of aliphatic hydroxyl groups is 3. The summed E-state index contributed by atoms with van der Waals surface area (Å²) in [5, 5.41) is 32.2. The molecule has 1 rings (SSSR count). The maximum absolute atomic E-state index is 12.4. The van der Waals surface area contributed by atoms with Crippen molar-refractivity contribution in [1.29, 1.82) is 0 Å². The van der Waals surface area contributed by atoms with Crippen LogP contribution in [-0.4, -0.2) is 94.6 Å². The molecule has 1 saturated heterocycles. The quantitative estimate of drug-likeness (QED) is 0.211. The molecule has 10 nitrogen and oxygen atoms in total. The third-order valence-corrected chi connectivity index (χ3v) is 3.54. The van der Waals surface area contributed by atoms with E-state index >= 15 is 0 Å². The van der Waals surface area contributed by atoms with Crippen molar-refractivity contribution < 1.29 is 29.6 Å². The summed E-state index contributed by atoms with van der Waals surface area (Å²) < 4.78 is 10.5. The van der Waals surface area contributed by atoms with Crippen LogP contribution >= 0.6 is 11.6 Å². The van der Waals surface area contributed by atoms with Crippen LogP contribution < -0.4 is 0 Å². The standard InChI is InChI=1S/C12H22ClN3O7/c1-2-22-6-5-15(12(20)16(14-21)4-3-13)11-10(19)9(18)8(7-17)23-11/h8-11,17-19H,2-7H2,1H3/t8-,9-,10-,11?/m1/s1.